The molecule has 13 N–H and O–H groups in total. The second-order valence-corrected chi connectivity index (χ2v) is 11.5. The molecule has 45 heavy (non-hydrogen) atoms. The maximum Gasteiger partial charge on any atom is 0.187 e. The van der Waals surface area contributed by atoms with Crippen molar-refractivity contribution in [2.45, 2.75) is 130 Å². The summed E-state index contributed by atoms with van der Waals surface area (Å²) in [7, 11) is 0. The van der Waals surface area contributed by atoms with Gasteiger partial charge in [-0.3, -0.25) is 0 Å². The molecule has 20 heteroatoms. The molecule has 20 nitrogen and oxygen atoms in total. The third-order valence-electron chi connectivity index (χ3n) is 8.47. The predicted molar refractivity (Wildman–Crippen MR) is 137 cm³/mol. The fourth-order valence-corrected chi connectivity index (χ4v) is 5.75. The fraction of sp³-hybridized carbons (Fsp3) is 1.00. The first-order chi connectivity index (χ1) is 21.3. The predicted octanol–water partition coefficient (Wildman–Crippen LogP) is -8.68. The molecular weight excluding hydrogens is 620 g/mol. The van der Waals surface area contributed by atoms with Crippen molar-refractivity contribution in [1.29, 1.82) is 0 Å². The Morgan fingerprint density at radius 1 is 0.378 bits per heavy atom. The normalized spacial score (nSPS) is 52.9. The summed E-state index contributed by atoms with van der Waals surface area (Å²) in [5, 5.41) is 133. The zero-order chi connectivity index (χ0) is 33.3. The lowest BCUT2D eigenvalue weighted by Crippen LogP contribution is -2.67. The van der Waals surface area contributed by atoms with Crippen LogP contribution in [0.4, 0.5) is 0 Å². The van der Waals surface area contributed by atoms with E-state index >= 15 is 0 Å². The number of hydrogen-bond acceptors (Lipinski definition) is 20. The van der Waals surface area contributed by atoms with Crippen LogP contribution in [-0.4, -0.2) is 215 Å². The molecule has 0 radical (unpaired) electrons. The summed E-state index contributed by atoms with van der Waals surface area (Å²) >= 11 is 0. The average Bonchev–Trinajstić information content (AvgIpc) is 3.03. The van der Waals surface area contributed by atoms with Gasteiger partial charge in [-0.15, -0.1) is 0 Å². The van der Waals surface area contributed by atoms with Crippen molar-refractivity contribution >= 4 is 0 Å². The Morgan fingerprint density at radius 3 is 1.07 bits per heavy atom. The number of rotatable bonds is 10. The van der Waals surface area contributed by atoms with Crippen LogP contribution in [0.2, 0.25) is 0 Å². The molecule has 0 saturated carbocycles. The van der Waals surface area contributed by atoms with E-state index in [0.717, 1.165) is 0 Å². The molecule has 0 spiro atoms. The van der Waals surface area contributed by atoms with Gasteiger partial charge in [-0.1, -0.05) is 0 Å². The van der Waals surface area contributed by atoms with E-state index in [4.69, 9.17) is 33.2 Å². The van der Waals surface area contributed by atoms with Gasteiger partial charge in [-0.25, -0.2) is 0 Å². The summed E-state index contributed by atoms with van der Waals surface area (Å²) in [6, 6.07) is 0. The zero-order valence-electron chi connectivity index (χ0n) is 24.0. The van der Waals surface area contributed by atoms with Gasteiger partial charge in [-0.05, 0) is 6.92 Å². The van der Waals surface area contributed by atoms with E-state index in [9.17, 15) is 66.4 Å². The molecule has 4 fully saturated rings. The average molecular weight is 665 g/mol. The van der Waals surface area contributed by atoms with Crippen molar-refractivity contribution in [3.63, 3.8) is 0 Å². The van der Waals surface area contributed by atoms with E-state index < -0.39 is 149 Å². The maximum absolute atomic E-state index is 10.9. The lowest BCUT2D eigenvalue weighted by Gasteiger charge is -2.49. The van der Waals surface area contributed by atoms with Crippen LogP contribution in [0.5, 0.6) is 0 Å². The molecule has 0 aromatic heterocycles. The third-order valence-corrected chi connectivity index (χ3v) is 8.47. The topological polar surface area (TPSA) is 328 Å². The van der Waals surface area contributed by atoms with Crippen molar-refractivity contribution in [2.24, 2.45) is 0 Å². The lowest BCUT2D eigenvalue weighted by atomic mass is 9.94. The molecule has 0 bridgehead atoms. The second-order valence-electron chi connectivity index (χ2n) is 11.5. The van der Waals surface area contributed by atoms with E-state index in [1.54, 1.807) is 0 Å². The number of aliphatic hydroxyl groups excluding tert-OH is 13. The van der Waals surface area contributed by atoms with Gasteiger partial charge in [0.15, 0.2) is 18.9 Å². The van der Waals surface area contributed by atoms with Gasteiger partial charge < -0.3 is 99.5 Å². The van der Waals surface area contributed by atoms with Crippen LogP contribution in [-0.2, 0) is 33.2 Å². The summed E-state index contributed by atoms with van der Waals surface area (Å²) in [6.45, 7) is -1.70. The third kappa shape index (κ3) is 7.45. The van der Waals surface area contributed by atoms with Crippen LogP contribution < -0.4 is 0 Å². The van der Waals surface area contributed by atoms with Crippen molar-refractivity contribution in [1.82, 2.24) is 0 Å². The first kappa shape index (κ1) is 37.0. The lowest BCUT2D eigenvalue weighted by molar-refractivity contribution is -0.385. The summed E-state index contributed by atoms with van der Waals surface area (Å²) in [4.78, 5) is 0. The van der Waals surface area contributed by atoms with Gasteiger partial charge in [0, 0.05) is 0 Å². The van der Waals surface area contributed by atoms with Crippen molar-refractivity contribution in [2.75, 3.05) is 26.4 Å². The van der Waals surface area contributed by atoms with Gasteiger partial charge >= 0.3 is 0 Å². The smallest absolute Gasteiger partial charge is 0.187 e. The van der Waals surface area contributed by atoms with Crippen LogP contribution in [0.25, 0.3) is 0 Å². The van der Waals surface area contributed by atoms with E-state index in [1.807, 2.05) is 0 Å². The molecule has 8 unspecified atom stereocenters. The Balaban J connectivity index is 1.43. The monoisotopic (exact) mass is 664 g/mol. The molecule has 4 aliphatic heterocycles. The van der Waals surface area contributed by atoms with E-state index in [2.05, 4.69) is 0 Å². The Bertz CT molecular complexity index is 910. The first-order valence-corrected chi connectivity index (χ1v) is 14.4. The Hall–Kier alpha value is -0.800. The highest BCUT2D eigenvalue weighted by atomic mass is 16.8. The quantitative estimate of drug-likeness (QED) is 0.103. The minimum atomic E-state index is -2.00. The zero-order valence-corrected chi connectivity index (χ0v) is 24.0. The maximum atomic E-state index is 10.9. The molecule has 0 aliphatic carbocycles. The number of ether oxygens (including phenoxy) is 7. The van der Waals surface area contributed by atoms with Gasteiger partial charge in [0.2, 0.25) is 0 Å². The fourth-order valence-electron chi connectivity index (χ4n) is 5.75. The van der Waals surface area contributed by atoms with Crippen LogP contribution >= 0.6 is 0 Å². The Labute approximate surface area is 256 Å². The molecule has 20 atom stereocenters. The van der Waals surface area contributed by atoms with Crippen molar-refractivity contribution in [3.05, 3.63) is 0 Å². The van der Waals surface area contributed by atoms with Crippen LogP contribution in [0.1, 0.15) is 6.92 Å². The van der Waals surface area contributed by atoms with Crippen molar-refractivity contribution in [3.8, 4) is 0 Å². The molecule has 0 amide bonds. The molecule has 4 saturated heterocycles. The van der Waals surface area contributed by atoms with Crippen LogP contribution in [0.15, 0.2) is 0 Å². The van der Waals surface area contributed by atoms with Gasteiger partial charge in [-0.2, -0.15) is 0 Å². The molecule has 4 aliphatic rings. The Morgan fingerprint density at radius 2 is 0.689 bits per heavy atom. The summed E-state index contributed by atoms with van der Waals surface area (Å²) in [5.41, 5.74) is 0. The van der Waals surface area contributed by atoms with Crippen LogP contribution in [0.3, 0.4) is 0 Å². The second kappa shape index (κ2) is 15.6. The summed E-state index contributed by atoms with van der Waals surface area (Å²) in [5.74, 6) is 0. The summed E-state index contributed by atoms with van der Waals surface area (Å²) in [6.07, 6.45) is -32.7. The highest BCUT2D eigenvalue weighted by Crippen LogP contribution is 2.34. The molecule has 4 rings (SSSR count). The molecule has 264 valence electrons. The standard InChI is InChI=1S/C25H44O20/c1-6-11(30)14(33)20(8(3-27)39-6)43-24-18(37)16(35)22(10(5-29)41-24)45-25-19(38)15(34)21(9(4-28)42-25)44-23-17(36)13(32)12(31)7(2-26)40-23/h6-38H,2-5H2,1H3/t6-,7?,8?,9?,10?,11?,12+,13-,14+,15+,16+,17?,18?,19?,20+,21+,22+,23+,24+,25+/m0/s1. The molecule has 4 heterocycles. The highest BCUT2D eigenvalue weighted by Gasteiger charge is 2.54. The van der Waals surface area contributed by atoms with Crippen molar-refractivity contribution < 1.29 is 99.5 Å². The number of hydrogen-bond donors (Lipinski definition) is 13. The first-order valence-electron chi connectivity index (χ1n) is 14.4. The SMILES string of the molecule is C[C@@H]1OC(CO)[C@@H](O[C@H]2OC(CO)[C@@H](O[C@H]3OC(CO)[C@@H](O[C@H]4OC(CO)[C@@H](O)[C@H](O)C4O)[C@H](O)C3O)[C@H](O)C2O)[C@H](O)C1O. The number of aliphatic hydroxyl groups is 13. The van der Waals surface area contributed by atoms with E-state index in [0.29, 0.717) is 0 Å². The highest BCUT2D eigenvalue weighted by molar-refractivity contribution is 4.98. The molecule has 0 aromatic rings. The molecule has 0 aromatic carbocycles. The summed E-state index contributed by atoms with van der Waals surface area (Å²) < 4.78 is 38.4. The van der Waals surface area contributed by atoms with E-state index in [1.165, 1.54) is 6.92 Å². The largest absolute Gasteiger partial charge is 0.394 e. The minimum absolute atomic E-state index is 0.647. The van der Waals surface area contributed by atoms with Gasteiger partial charge in [0.25, 0.3) is 0 Å². The van der Waals surface area contributed by atoms with Crippen LogP contribution in [0, 0.1) is 0 Å². The van der Waals surface area contributed by atoms with Gasteiger partial charge in [0.1, 0.15) is 97.7 Å². The Kier molecular flexibility index (Phi) is 12.8. The van der Waals surface area contributed by atoms with Gasteiger partial charge in [0.05, 0.1) is 32.5 Å². The minimum Gasteiger partial charge on any atom is -0.394 e. The molecular formula is C25H44O20. The van der Waals surface area contributed by atoms with E-state index in [-0.39, 0.29) is 0 Å².